The molecule has 0 saturated carbocycles. The van der Waals surface area contributed by atoms with E-state index < -0.39 is 16.1 Å². The number of sulfonamides is 1. The first-order valence-electron chi connectivity index (χ1n) is 5.96. The molecule has 0 aliphatic carbocycles. The van der Waals surface area contributed by atoms with Crippen molar-refractivity contribution >= 4 is 15.9 Å². The molecule has 108 valence electrons. The molecule has 4 N–H and O–H groups in total. The van der Waals surface area contributed by atoms with Crippen molar-refractivity contribution in [3.05, 3.63) is 0 Å². The van der Waals surface area contributed by atoms with Crippen LogP contribution in [0.1, 0.15) is 41.0 Å². The van der Waals surface area contributed by atoms with Crippen LogP contribution in [0.15, 0.2) is 5.16 Å². The van der Waals surface area contributed by atoms with E-state index in [1.165, 1.54) is 0 Å². The number of rotatable bonds is 6. The highest BCUT2D eigenvalue weighted by atomic mass is 32.2. The smallest absolute Gasteiger partial charge is 0.212 e. The predicted molar refractivity (Wildman–Crippen MR) is 73.0 cm³/mol. The normalized spacial score (nSPS) is 16.0. The first-order valence-corrected chi connectivity index (χ1v) is 7.61. The Morgan fingerprint density at radius 2 is 1.89 bits per heavy atom. The summed E-state index contributed by atoms with van der Waals surface area (Å²) in [6.45, 7) is 9.54. The van der Waals surface area contributed by atoms with Gasteiger partial charge in [0.1, 0.15) is 0 Å². The molecule has 0 aromatic rings. The van der Waals surface area contributed by atoms with Crippen molar-refractivity contribution in [3.63, 3.8) is 0 Å². The molecular weight excluding hydrogens is 254 g/mol. The molecule has 7 heteroatoms. The fourth-order valence-electron chi connectivity index (χ4n) is 1.29. The zero-order chi connectivity index (χ0) is 14.6. The maximum Gasteiger partial charge on any atom is 0.212 e. The van der Waals surface area contributed by atoms with Gasteiger partial charge in [-0.1, -0.05) is 39.8 Å². The Morgan fingerprint density at radius 1 is 1.39 bits per heavy atom. The first-order chi connectivity index (χ1) is 7.98. The van der Waals surface area contributed by atoms with Gasteiger partial charge in [-0.15, -0.1) is 0 Å². The molecule has 0 radical (unpaired) electrons. The van der Waals surface area contributed by atoms with E-state index in [1.807, 2.05) is 20.8 Å². The summed E-state index contributed by atoms with van der Waals surface area (Å²) in [5.41, 5.74) is 5.42. The van der Waals surface area contributed by atoms with Crippen LogP contribution in [0.5, 0.6) is 0 Å². The molecule has 0 aliphatic heterocycles. The van der Waals surface area contributed by atoms with Crippen LogP contribution >= 0.6 is 0 Å². The van der Waals surface area contributed by atoms with Gasteiger partial charge in [-0.25, -0.2) is 13.1 Å². The van der Waals surface area contributed by atoms with Crippen LogP contribution in [0.4, 0.5) is 0 Å². The van der Waals surface area contributed by atoms with E-state index in [-0.39, 0.29) is 22.9 Å². The molecule has 18 heavy (non-hydrogen) atoms. The molecule has 0 amide bonds. The zero-order valence-electron chi connectivity index (χ0n) is 11.8. The second kappa shape index (κ2) is 6.38. The summed E-state index contributed by atoms with van der Waals surface area (Å²) in [6.07, 6.45) is 0.545. The third kappa shape index (κ3) is 6.80. The van der Waals surface area contributed by atoms with E-state index >= 15 is 0 Å². The highest BCUT2D eigenvalue weighted by Gasteiger charge is 2.25. The highest BCUT2D eigenvalue weighted by molar-refractivity contribution is 7.89. The number of nitrogens with two attached hydrogens (primary N) is 1. The van der Waals surface area contributed by atoms with Gasteiger partial charge < -0.3 is 10.9 Å². The number of nitrogens with one attached hydrogen (secondary N) is 1. The molecule has 0 spiro atoms. The Morgan fingerprint density at radius 3 is 2.22 bits per heavy atom. The van der Waals surface area contributed by atoms with Crippen LogP contribution in [-0.2, 0) is 10.0 Å². The lowest BCUT2D eigenvalue weighted by molar-refractivity contribution is 0.313. The lowest BCUT2D eigenvalue weighted by atomic mass is 9.94. The Hall–Kier alpha value is -0.820. The van der Waals surface area contributed by atoms with E-state index in [1.54, 1.807) is 13.8 Å². The second-order valence-electron chi connectivity index (χ2n) is 5.99. The zero-order valence-corrected chi connectivity index (χ0v) is 12.6. The third-order valence-electron chi connectivity index (χ3n) is 2.53. The summed E-state index contributed by atoms with van der Waals surface area (Å²) < 4.78 is 26.3. The van der Waals surface area contributed by atoms with E-state index in [4.69, 9.17) is 10.9 Å². The summed E-state index contributed by atoms with van der Waals surface area (Å²) in [5, 5.41) is 11.5. The minimum absolute atomic E-state index is 0.0262. The average molecular weight is 279 g/mol. The Kier molecular flexibility index (Phi) is 6.09. The standard InChI is InChI=1S/C11H25N3O3S/c1-8(2)9(10(12)13-15)14-18(16,17)7-6-11(3,4)5/h8-9,14-15H,6-7H2,1-5H3,(H2,12,13). The molecule has 1 unspecified atom stereocenters. The molecule has 0 rings (SSSR count). The molecule has 0 fully saturated rings. The van der Waals surface area contributed by atoms with Crippen molar-refractivity contribution in [1.82, 2.24) is 4.72 Å². The van der Waals surface area contributed by atoms with E-state index in [9.17, 15) is 8.42 Å². The van der Waals surface area contributed by atoms with Crippen LogP contribution in [0.2, 0.25) is 0 Å². The van der Waals surface area contributed by atoms with Crippen molar-refractivity contribution in [2.45, 2.75) is 47.1 Å². The molecular formula is C11H25N3O3S. The lowest BCUT2D eigenvalue weighted by Crippen LogP contribution is -2.48. The number of oxime groups is 1. The largest absolute Gasteiger partial charge is 0.409 e. The molecule has 0 aromatic heterocycles. The van der Waals surface area contributed by atoms with Gasteiger partial charge in [-0.05, 0) is 17.8 Å². The SMILES string of the molecule is CC(C)C(NS(=O)(=O)CCC(C)(C)C)C(N)=NO. The minimum atomic E-state index is -3.44. The Bertz CT molecular complexity index is 383. The maximum absolute atomic E-state index is 11.9. The number of nitrogens with zero attached hydrogens (tertiary/aromatic N) is 1. The lowest BCUT2D eigenvalue weighted by Gasteiger charge is -2.23. The Balaban J connectivity index is 4.73. The van der Waals surface area contributed by atoms with Crippen LogP contribution in [0, 0.1) is 11.3 Å². The van der Waals surface area contributed by atoms with Crippen molar-refractivity contribution in [2.75, 3.05) is 5.75 Å². The van der Waals surface area contributed by atoms with Crippen LogP contribution in [-0.4, -0.2) is 31.3 Å². The molecule has 0 aromatic carbocycles. The topological polar surface area (TPSA) is 105 Å². The quantitative estimate of drug-likeness (QED) is 0.293. The van der Waals surface area contributed by atoms with Crippen LogP contribution < -0.4 is 10.5 Å². The number of amidine groups is 1. The van der Waals surface area contributed by atoms with E-state index in [0.29, 0.717) is 6.42 Å². The number of hydrogen-bond donors (Lipinski definition) is 3. The van der Waals surface area contributed by atoms with Gasteiger partial charge >= 0.3 is 0 Å². The van der Waals surface area contributed by atoms with Gasteiger partial charge in [-0.3, -0.25) is 0 Å². The van der Waals surface area contributed by atoms with Crippen molar-refractivity contribution < 1.29 is 13.6 Å². The second-order valence-corrected chi connectivity index (χ2v) is 7.87. The molecule has 1 atom stereocenters. The minimum Gasteiger partial charge on any atom is -0.409 e. The Labute approximate surface area is 110 Å². The maximum atomic E-state index is 11.9. The van der Waals surface area contributed by atoms with Gasteiger partial charge in [0.25, 0.3) is 0 Å². The van der Waals surface area contributed by atoms with Gasteiger partial charge in [0, 0.05) is 0 Å². The van der Waals surface area contributed by atoms with Crippen molar-refractivity contribution in [2.24, 2.45) is 22.2 Å². The van der Waals surface area contributed by atoms with Gasteiger partial charge in [0.2, 0.25) is 10.0 Å². The van der Waals surface area contributed by atoms with E-state index in [0.717, 1.165) is 0 Å². The monoisotopic (exact) mass is 279 g/mol. The molecule has 0 saturated heterocycles. The molecule has 6 nitrogen and oxygen atoms in total. The van der Waals surface area contributed by atoms with Crippen LogP contribution in [0.25, 0.3) is 0 Å². The molecule has 0 bridgehead atoms. The summed E-state index contributed by atoms with van der Waals surface area (Å²) in [6, 6.07) is -0.681. The number of hydrogen-bond acceptors (Lipinski definition) is 4. The van der Waals surface area contributed by atoms with Gasteiger partial charge in [0.05, 0.1) is 11.8 Å². The average Bonchev–Trinajstić information content (AvgIpc) is 2.21. The van der Waals surface area contributed by atoms with Gasteiger partial charge in [-0.2, -0.15) is 0 Å². The van der Waals surface area contributed by atoms with E-state index in [2.05, 4.69) is 9.88 Å². The first kappa shape index (κ1) is 17.2. The highest BCUT2D eigenvalue weighted by Crippen LogP contribution is 2.19. The van der Waals surface area contributed by atoms with Crippen molar-refractivity contribution in [3.8, 4) is 0 Å². The fourth-order valence-corrected chi connectivity index (χ4v) is 3.07. The van der Waals surface area contributed by atoms with Gasteiger partial charge in [0.15, 0.2) is 5.84 Å². The molecule has 0 aliphatic rings. The fraction of sp³-hybridized carbons (Fsp3) is 0.909. The summed E-state index contributed by atoms with van der Waals surface area (Å²) in [4.78, 5) is 0. The summed E-state index contributed by atoms with van der Waals surface area (Å²) in [7, 11) is -3.44. The van der Waals surface area contributed by atoms with Crippen molar-refractivity contribution in [1.29, 1.82) is 0 Å². The predicted octanol–water partition coefficient (Wildman–Crippen LogP) is 1.11. The summed E-state index contributed by atoms with van der Waals surface area (Å²) in [5.74, 6) is -0.187. The van der Waals surface area contributed by atoms with Crippen LogP contribution in [0.3, 0.4) is 0 Å². The summed E-state index contributed by atoms with van der Waals surface area (Å²) >= 11 is 0. The molecule has 0 heterocycles. The third-order valence-corrected chi connectivity index (χ3v) is 3.88.